The molecule has 1 unspecified atom stereocenters. The third kappa shape index (κ3) is 5.27. The number of urea groups is 1. The molecule has 8 heteroatoms. The van der Waals surface area contributed by atoms with Gasteiger partial charge in [-0.1, -0.05) is 0 Å². The molecule has 0 spiro atoms. The molecule has 20 heavy (non-hydrogen) atoms. The Balaban J connectivity index is 2.52. The largest absolute Gasteiger partial charge is 0.481 e. The van der Waals surface area contributed by atoms with Gasteiger partial charge in [-0.15, -0.1) is 0 Å². The summed E-state index contributed by atoms with van der Waals surface area (Å²) in [7, 11) is 1.54. The molecule has 1 atom stereocenters. The van der Waals surface area contributed by atoms with Gasteiger partial charge in [-0.3, -0.25) is 4.79 Å². The predicted molar refractivity (Wildman–Crippen MR) is 72.6 cm³/mol. The van der Waals surface area contributed by atoms with Crippen molar-refractivity contribution >= 4 is 29.3 Å². The maximum Gasteiger partial charge on any atom is 0.326 e. The Kier molecular flexibility index (Phi) is 5.98. The lowest BCUT2D eigenvalue weighted by Gasteiger charge is -2.20. The topological polar surface area (TPSA) is 107 Å². The molecule has 0 aliphatic carbocycles. The van der Waals surface area contributed by atoms with Gasteiger partial charge in [0.15, 0.2) is 0 Å². The highest BCUT2D eigenvalue weighted by molar-refractivity contribution is 7.07. The van der Waals surface area contributed by atoms with Crippen molar-refractivity contribution in [2.75, 3.05) is 7.05 Å². The average Bonchev–Trinajstić information content (AvgIpc) is 2.86. The Morgan fingerprint density at radius 1 is 1.40 bits per heavy atom. The summed E-state index contributed by atoms with van der Waals surface area (Å²) < 4.78 is 0. The van der Waals surface area contributed by atoms with Crippen LogP contribution in [0.2, 0.25) is 0 Å². The quantitative estimate of drug-likeness (QED) is 0.701. The molecule has 0 saturated heterocycles. The zero-order valence-corrected chi connectivity index (χ0v) is 11.7. The Morgan fingerprint density at radius 3 is 2.60 bits per heavy atom. The zero-order valence-electron chi connectivity index (χ0n) is 10.9. The summed E-state index contributed by atoms with van der Waals surface area (Å²) in [5.74, 6) is -2.35. The van der Waals surface area contributed by atoms with Crippen molar-refractivity contribution < 1.29 is 24.6 Å². The summed E-state index contributed by atoms with van der Waals surface area (Å²) in [5, 5.41) is 23.6. The van der Waals surface area contributed by atoms with E-state index in [0.29, 0.717) is 6.54 Å². The Hall–Kier alpha value is -2.09. The van der Waals surface area contributed by atoms with Gasteiger partial charge in [-0.2, -0.15) is 11.3 Å². The van der Waals surface area contributed by atoms with Crippen molar-refractivity contribution in [2.24, 2.45) is 0 Å². The summed E-state index contributed by atoms with van der Waals surface area (Å²) in [5.41, 5.74) is 0.949. The van der Waals surface area contributed by atoms with Crippen LogP contribution >= 0.6 is 11.3 Å². The molecular formula is C12H16N2O5S. The molecule has 0 saturated carbocycles. The van der Waals surface area contributed by atoms with Crippen LogP contribution in [0.15, 0.2) is 16.8 Å². The van der Waals surface area contributed by atoms with E-state index in [4.69, 9.17) is 10.2 Å². The number of thiophene rings is 1. The lowest BCUT2D eigenvalue weighted by Crippen LogP contribution is -2.46. The highest BCUT2D eigenvalue weighted by Crippen LogP contribution is 2.08. The van der Waals surface area contributed by atoms with Gasteiger partial charge in [0.2, 0.25) is 0 Å². The van der Waals surface area contributed by atoms with E-state index in [1.807, 2.05) is 16.8 Å². The third-order valence-corrected chi connectivity index (χ3v) is 3.32. The molecule has 2 amide bonds. The second kappa shape index (κ2) is 7.49. The fraction of sp³-hybridized carbons (Fsp3) is 0.417. The average molecular weight is 300 g/mol. The molecular weight excluding hydrogens is 284 g/mol. The molecule has 3 N–H and O–H groups in total. The lowest BCUT2D eigenvalue weighted by atomic mass is 10.1. The number of rotatable bonds is 7. The summed E-state index contributed by atoms with van der Waals surface area (Å²) in [4.78, 5) is 34.6. The monoisotopic (exact) mass is 300 g/mol. The maximum atomic E-state index is 11.8. The number of carboxylic acids is 2. The van der Waals surface area contributed by atoms with Gasteiger partial charge < -0.3 is 20.4 Å². The number of aliphatic carboxylic acids is 2. The van der Waals surface area contributed by atoms with E-state index in [9.17, 15) is 14.4 Å². The summed E-state index contributed by atoms with van der Waals surface area (Å²) in [6, 6.07) is 0.116. The van der Waals surface area contributed by atoms with Crippen molar-refractivity contribution in [3.05, 3.63) is 22.4 Å². The predicted octanol–water partition coefficient (Wildman–Crippen LogP) is 1.21. The molecule has 0 aliphatic heterocycles. The molecule has 0 aromatic carbocycles. The number of carbonyl (C=O) groups excluding carboxylic acids is 1. The number of hydrogen-bond acceptors (Lipinski definition) is 4. The summed E-state index contributed by atoms with van der Waals surface area (Å²) >= 11 is 1.51. The van der Waals surface area contributed by atoms with Gasteiger partial charge in [0.25, 0.3) is 0 Å². The minimum atomic E-state index is -1.25. The van der Waals surface area contributed by atoms with Gasteiger partial charge in [-0.25, -0.2) is 9.59 Å². The molecule has 1 rings (SSSR count). The molecule has 110 valence electrons. The van der Waals surface area contributed by atoms with E-state index in [0.717, 1.165) is 5.56 Å². The smallest absolute Gasteiger partial charge is 0.326 e. The minimum Gasteiger partial charge on any atom is -0.481 e. The fourth-order valence-electron chi connectivity index (χ4n) is 1.51. The van der Waals surface area contributed by atoms with Crippen LogP contribution in [0.25, 0.3) is 0 Å². The lowest BCUT2D eigenvalue weighted by molar-refractivity contribution is -0.140. The van der Waals surface area contributed by atoms with Gasteiger partial charge in [0, 0.05) is 20.0 Å². The molecule has 1 aromatic heterocycles. The number of nitrogens with one attached hydrogen (secondary N) is 1. The highest BCUT2D eigenvalue weighted by atomic mass is 32.1. The summed E-state index contributed by atoms with van der Waals surface area (Å²) in [6.07, 6.45) is -0.464. The van der Waals surface area contributed by atoms with Gasteiger partial charge in [-0.05, 0) is 28.8 Å². The van der Waals surface area contributed by atoms with Crippen LogP contribution in [-0.4, -0.2) is 46.2 Å². The molecule has 7 nitrogen and oxygen atoms in total. The first-order valence-electron chi connectivity index (χ1n) is 5.87. The SMILES string of the molecule is CN(Cc1ccsc1)C(=O)NC(CCC(=O)O)C(=O)O. The van der Waals surface area contributed by atoms with E-state index in [1.54, 1.807) is 7.05 Å². The van der Waals surface area contributed by atoms with Crippen molar-refractivity contribution in [1.29, 1.82) is 0 Å². The van der Waals surface area contributed by atoms with E-state index in [2.05, 4.69) is 5.32 Å². The second-order valence-electron chi connectivity index (χ2n) is 4.26. The molecule has 1 heterocycles. The fourth-order valence-corrected chi connectivity index (χ4v) is 2.17. The van der Waals surface area contributed by atoms with E-state index >= 15 is 0 Å². The van der Waals surface area contributed by atoms with Crippen LogP contribution in [0.3, 0.4) is 0 Å². The van der Waals surface area contributed by atoms with Crippen LogP contribution in [0.1, 0.15) is 18.4 Å². The van der Waals surface area contributed by atoms with Crippen molar-refractivity contribution in [2.45, 2.75) is 25.4 Å². The van der Waals surface area contributed by atoms with Gasteiger partial charge in [0.1, 0.15) is 6.04 Å². The first-order chi connectivity index (χ1) is 9.40. The van der Waals surface area contributed by atoms with E-state index in [-0.39, 0.29) is 12.8 Å². The summed E-state index contributed by atoms with van der Waals surface area (Å²) in [6.45, 7) is 0.362. The van der Waals surface area contributed by atoms with Gasteiger partial charge >= 0.3 is 18.0 Å². The van der Waals surface area contributed by atoms with Crippen LogP contribution in [0, 0.1) is 0 Å². The van der Waals surface area contributed by atoms with Crippen LogP contribution in [0.5, 0.6) is 0 Å². The first kappa shape index (κ1) is 16.0. The third-order valence-electron chi connectivity index (χ3n) is 2.59. The first-order valence-corrected chi connectivity index (χ1v) is 6.81. The Morgan fingerprint density at radius 2 is 2.10 bits per heavy atom. The number of carboxylic acid groups (broad SMARTS) is 2. The highest BCUT2D eigenvalue weighted by Gasteiger charge is 2.22. The van der Waals surface area contributed by atoms with E-state index in [1.165, 1.54) is 16.2 Å². The number of hydrogen-bond donors (Lipinski definition) is 3. The van der Waals surface area contributed by atoms with Crippen molar-refractivity contribution in [1.82, 2.24) is 10.2 Å². The second-order valence-corrected chi connectivity index (χ2v) is 5.04. The maximum absolute atomic E-state index is 11.8. The molecule has 0 fully saturated rings. The van der Waals surface area contributed by atoms with Crippen molar-refractivity contribution in [3.8, 4) is 0 Å². The van der Waals surface area contributed by atoms with Crippen LogP contribution in [-0.2, 0) is 16.1 Å². The van der Waals surface area contributed by atoms with Crippen LogP contribution in [0.4, 0.5) is 4.79 Å². The number of nitrogens with zero attached hydrogens (tertiary/aromatic N) is 1. The number of carbonyl (C=O) groups is 3. The Labute approximate surface area is 119 Å². The normalized spacial score (nSPS) is 11.7. The molecule has 1 aromatic rings. The van der Waals surface area contributed by atoms with Gasteiger partial charge in [0.05, 0.1) is 0 Å². The van der Waals surface area contributed by atoms with E-state index < -0.39 is 24.0 Å². The minimum absolute atomic E-state index is 0.150. The molecule has 0 radical (unpaired) electrons. The van der Waals surface area contributed by atoms with Crippen LogP contribution < -0.4 is 5.32 Å². The van der Waals surface area contributed by atoms with Crippen molar-refractivity contribution in [3.63, 3.8) is 0 Å². The number of amides is 2. The molecule has 0 aliphatic rings. The zero-order chi connectivity index (χ0) is 15.1. The molecule has 0 bridgehead atoms. The Bertz CT molecular complexity index is 474. The standard InChI is InChI=1S/C12H16N2O5S/c1-14(6-8-4-5-20-7-8)12(19)13-9(11(17)18)2-3-10(15)16/h4-5,7,9H,2-3,6H2,1H3,(H,13,19)(H,15,16)(H,17,18).